The summed E-state index contributed by atoms with van der Waals surface area (Å²) >= 11 is 1.29. The molecule has 0 aliphatic rings. The molecule has 1 heterocycles. The molecular formula is C19H20N2O3S2. The first-order valence-corrected chi connectivity index (χ1v) is 11.2. The largest absolute Gasteiger partial charge is 0.268 e. The monoisotopic (exact) mass is 388 g/mol. The molecule has 0 amide bonds. The number of rotatable bonds is 5. The molecule has 26 heavy (non-hydrogen) atoms. The molecule has 1 aromatic heterocycles. The highest BCUT2D eigenvalue weighted by Gasteiger charge is 2.16. The topological polar surface area (TPSA) is 69.0 Å². The first-order chi connectivity index (χ1) is 12.3. The van der Waals surface area contributed by atoms with E-state index in [0.29, 0.717) is 21.8 Å². The third-order valence-corrected chi connectivity index (χ3v) is 6.24. The molecule has 2 aromatic carbocycles. The molecule has 7 heteroatoms. The van der Waals surface area contributed by atoms with Crippen LogP contribution < -0.4 is 5.56 Å². The van der Waals surface area contributed by atoms with Gasteiger partial charge in [-0.3, -0.25) is 9.36 Å². The van der Waals surface area contributed by atoms with Gasteiger partial charge in [-0.15, -0.1) is 0 Å². The lowest BCUT2D eigenvalue weighted by molar-refractivity contribution is 0.603. The van der Waals surface area contributed by atoms with Gasteiger partial charge >= 0.3 is 0 Å². The summed E-state index contributed by atoms with van der Waals surface area (Å²) in [6.07, 6.45) is 1.21. The van der Waals surface area contributed by atoms with Crippen LogP contribution in [0.25, 0.3) is 16.6 Å². The van der Waals surface area contributed by atoms with Crippen molar-refractivity contribution in [2.75, 3.05) is 17.8 Å². The van der Waals surface area contributed by atoms with Gasteiger partial charge in [0.25, 0.3) is 5.56 Å². The molecule has 0 atom stereocenters. The normalized spacial score (nSPS) is 11.8. The van der Waals surface area contributed by atoms with E-state index in [4.69, 9.17) is 0 Å². The Balaban J connectivity index is 2.23. The van der Waals surface area contributed by atoms with Crippen LogP contribution >= 0.6 is 11.8 Å². The van der Waals surface area contributed by atoms with E-state index in [1.807, 2.05) is 44.2 Å². The smallest absolute Gasteiger partial charge is 0.266 e. The highest BCUT2D eigenvalue weighted by Crippen LogP contribution is 2.25. The molecule has 5 nitrogen and oxygen atoms in total. The fourth-order valence-corrected chi connectivity index (χ4v) is 5.04. The molecule has 3 rings (SSSR count). The van der Waals surface area contributed by atoms with Crippen LogP contribution in [0, 0.1) is 13.8 Å². The maximum absolute atomic E-state index is 13.2. The van der Waals surface area contributed by atoms with Crippen LogP contribution in [-0.2, 0) is 9.84 Å². The number of benzene rings is 2. The van der Waals surface area contributed by atoms with Crippen molar-refractivity contribution in [3.05, 3.63) is 63.9 Å². The van der Waals surface area contributed by atoms with Gasteiger partial charge in [-0.1, -0.05) is 42.1 Å². The van der Waals surface area contributed by atoms with Crippen LogP contribution in [0.15, 0.2) is 52.4 Å². The Kier molecular flexibility index (Phi) is 5.20. The summed E-state index contributed by atoms with van der Waals surface area (Å²) in [6.45, 7) is 3.91. The summed E-state index contributed by atoms with van der Waals surface area (Å²) in [5.74, 6) is 0.377. The van der Waals surface area contributed by atoms with Crippen molar-refractivity contribution >= 4 is 32.5 Å². The zero-order chi connectivity index (χ0) is 18.9. The maximum Gasteiger partial charge on any atom is 0.266 e. The lowest BCUT2D eigenvalue weighted by Crippen LogP contribution is -2.23. The summed E-state index contributed by atoms with van der Waals surface area (Å²) < 4.78 is 24.5. The highest BCUT2D eigenvalue weighted by molar-refractivity contribution is 8.00. The molecule has 136 valence electrons. The molecule has 0 fully saturated rings. The minimum Gasteiger partial charge on any atom is -0.268 e. The predicted molar refractivity (Wildman–Crippen MR) is 107 cm³/mol. The second kappa shape index (κ2) is 7.25. The molecule has 3 aromatic rings. The number of aromatic nitrogens is 2. The number of sulfone groups is 1. The van der Waals surface area contributed by atoms with Gasteiger partial charge in [0.1, 0.15) is 9.84 Å². The SMILES string of the molecule is Cc1cccc(C)c1-n1c(SCCS(C)(=O)=O)nc2ccccc2c1=O. The summed E-state index contributed by atoms with van der Waals surface area (Å²) in [5, 5.41) is 1.05. The van der Waals surface area contributed by atoms with Crippen LogP contribution in [0.3, 0.4) is 0 Å². The first kappa shape index (κ1) is 18.7. The molecule has 0 spiro atoms. The van der Waals surface area contributed by atoms with Gasteiger partial charge in [-0.05, 0) is 37.1 Å². The van der Waals surface area contributed by atoms with Crippen molar-refractivity contribution in [1.82, 2.24) is 9.55 Å². The Morgan fingerprint density at radius 2 is 1.69 bits per heavy atom. The van der Waals surface area contributed by atoms with Crippen LogP contribution in [0.4, 0.5) is 0 Å². The van der Waals surface area contributed by atoms with Gasteiger partial charge in [0.2, 0.25) is 0 Å². The average Bonchev–Trinajstić information content (AvgIpc) is 2.56. The van der Waals surface area contributed by atoms with Gasteiger partial charge in [0, 0.05) is 12.0 Å². The minimum atomic E-state index is -3.08. The Morgan fingerprint density at radius 3 is 2.35 bits per heavy atom. The molecule has 0 aliphatic heterocycles. The number of nitrogens with zero attached hydrogens (tertiary/aromatic N) is 2. The van der Waals surface area contributed by atoms with Gasteiger partial charge in [-0.25, -0.2) is 13.4 Å². The van der Waals surface area contributed by atoms with Crippen molar-refractivity contribution < 1.29 is 8.42 Å². The number of hydrogen-bond donors (Lipinski definition) is 0. The summed E-state index contributed by atoms with van der Waals surface area (Å²) in [4.78, 5) is 17.9. The second-order valence-electron chi connectivity index (χ2n) is 6.27. The van der Waals surface area contributed by atoms with E-state index >= 15 is 0 Å². The fourth-order valence-electron chi connectivity index (χ4n) is 2.85. The molecule has 0 unspecified atom stereocenters. The number of aryl methyl sites for hydroxylation is 2. The first-order valence-electron chi connectivity index (χ1n) is 8.17. The van der Waals surface area contributed by atoms with Crippen molar-refractivity contribution in [2.45, 2.75) is 19.0 Å². The Bertz CT molecular complexity index is 1110. The van der Waals surface area contributed by atoms with E-state index in [1.54, 1.807) is 16.7 Å². The highest BCUT2D eigenvalue weighted by atomic mass is 32.2. The molecule has 0 aliphatic carbocycles. The van der Waals surface area contributed by atoms with Crippen LogP contribution in [0.1, 0.15) is 11.1 Å². The van der Waals surface area contributed by atoms with Gasteiger partial charge in [0.15, 0.2) is 5.16 Å². The zero-order valence-electron chi connectivity index (χ0n) is 14.9. The molecule has 0 radical (unpaired) electrons. The lowest BCUT2D eigenvalue weighted by Gasteiger charge is -2.17. The Morgan fingerprint density at radius 1 is 1.04 bits per heavy atom. The van der Waals surface area contributed by atoms with Crippen molar-refractivity contribution in [1.29, 1.82) is 0 Å². The van der Waals surface area contributed by atoms with E-state index in [9.17, 15) is 13.2 Å². The molecule has 0 saturated carbocycles. The minimum absolute atomic E-state index is 0.0348. The zero-order valence-corrected chi connectivity index (χ0v) is 16.5. The van der Waals surface area contributed by atoms with Crippen molar-refractivity contribution in [3.63, 3.8) is 0 Å². The van der Waals surface area contributed by atoms with Gasteiger partial charge in [-0.2, -0.15) is 0 Å². The van der Waals surface area contributed by atoms with Gasteiger partial charge < -0.3 is 0 Å². The molecule has 0 saturated heterocycles. The molecule has 0 N–H and O–H groups in total. The summed E-state index contributed by atoms with van der Waals surface area (Å²) in [7, 11) is -3.08. The maximum atomic E-state index is 13.2. The number of thioether (sulfide) groups is 1. The fraction of sp³-hybridized carbons (Fsp3) is 0.263. The van der Waals surface area contributed by atoms with Crippen LogP contribution in [0.2, 0.25) is 0 Å². The number of fused-ring (bicyclic) bond motifs is 1. The van der Waals surface area contributed by atoms with E-state index in [2.05, 4.69) is 4.98 Å². The molecule has 0 bridgehead atoms. The van der Waals surface area contributed by atoms with Gasteiger partial charge in [0.05, 0.1) is 22.3 Å². The standard InChI is InChI=1S/C19H20N2O3S2/c1-13-7-6-8-14(2)17(13)21-18(22)15-9-4-5-10-16(15)20-19(21)25-11-12-26(3,23)24/h4-10H,11-12H2,1-3H3. The number of hydrogen-bond acceptors (Lipinski definition) is 5. The quantitative estimate of drug-likeness (QED) is 0.496. The van der Waals surface area contributed by atoms with E-state index in [0.717, 1.165) is 16.8 Å². The number of para-hydroxylation sites is 2. The third kappa shape index (κ3) is 3.83. The van der Waals surface area contributed by atoms with Crippen LogP contribution in [0.5, 0.6) is 0 Å². The summed E-state index contributed by atoms with van der Waals surface area (Å²) in [5.41, 5.74) is 3.21. The van der Waals surface area contributed by atoms with E-state index in [1.165, 1.54) is 18.0 Å². The van der Waals surface area contributed by atoms with Crippen molar-refractivity contribution in [2.24, 2.45) is 0 Å². The van der Waals surface area contributed by atoms with E-state index < -0.39 is 9.84 Å². The second-order valence-corrected chi connectivity index (χ2v) is 9.59. The third-order valence-electron chi connectivity index (χ3n) is 4.09. The van der Waals surface area contributed by atoms with Crippen molar-refractivity contribution in [3.8, 4) is 5.69 Å². The molecular weight excluding hydrogens is 368 g/mol. The predicted octanol–water partition coefficient (Wildman–Crippen LogP) is 3.14. The average molecular weight is 389 g/mol. The lowest BCUT2D eigenvalue weighted by atomic mass is 10.1. The summed E-state index contributed by atoms with van der Waals surface area (Å²) in [6, 6.07) is 13.1. The Labute approximate surface area is 157 Å². The van der Waals surface area contributed by atoms with E-state index in [-0.39, 0.29) is 11.3 Å². The van der Waals surface area contributed by atoms with Crippen LogP contribution in [-0.4, -0.2) is 35.7 Å². The Hall–Kier alpha value is -2.12.